The van der Waals surface area contributed by atoms with E-state index in [2.05, 4.69) is 15.3 Å². The minimum atomic E-state index is -0.675. The first-order chi connectivity index (χ1) is 17.3. The van der Waals surface area contributed by atoms with E-state index >= 15 is 0 Å². The number of thiophene rings is 1. The van der Waals surface area contributed by atoms with Crippen LogP contribution >= 0.6 is 11.3 Å². The van der Waals surface area contributed by atoms with Gasteiger partial charge in [-0.15, -0.1) is 11.3 Å². The number of Topliss-reactive ketones (excluding diaryl/α,β-unsaturated/α-hetero) is 1. The topological polar surface area (TPSA) is 115 Å². The van der Waals surface area contributed by atoms with Crippen molar-refractivity contribution in [3.8, 4) is 5.75 Å². The molecule has 0 amide bonds. The van der Waals surface area contributed by atoms with Crippen molar-refractivity contribution in [2.24, 2.45) is 0 Å². The smallest absolute Gasteiger partial charge is 0.327 e. The van der Waals surface area contributed by atoms with Crippen LogP contribution in [0.3, 0.4) is 0 Å². The van der Waals surface area contributed by atoms with Crippen molar-refractivity contribution in [1.82, 2.24) is 9.97 Å². The number of aromatic hydroxyl groups is 1. The molecule has 2 aliphatic rings. The van der Waals surface area contributed by atoms with Gasteiger partial charge < -0.3 is 10.4 Å². The molecule has 0 radical (unpaired) electrons. The summed E-state index contributed by atoms with van der Waals surface area (Å²) >= 11 is 1.63. The predicted molar refractivity (Wildman–Crippen MR) is 147 cm³/mol. The maximum absolute atomic E-state index is 13.8. The molecule has 2 atom stereocenters. The molecule has 194 valence electrons. The van der Waals surface area contributed by atoms with Crippen LogP contribution in [-0.2, 0) is 15.6 Å². The van der Waals surface area contributed by atoms with Crippen LogP contribution in [0.5, 0.6) is 5.75 Å². The number of allylic oxidation sites excluding steroid dienone is 2. The molecular formula is C29H33N3O4S. The third kappa shape index (κ3) is 4.37. The first-order valence-electron chi connectivity index (χ1n) is 12.6. The Labute approximate surface area is 219 Å². The fraction of sp³-hybridized carbons (Fsp3) is 0.414. The normalized spacial score (nSPS) is 19.9. The number of aromatic nitrogens is 2. The molecule has 37 heavy (non-hydrogen) atoms. The molecule has 3 aromatic rings. The highest BCUT2D eigenvalue weighted by molar-refractivity contribution is 7.10. The number of carbonyl (C=O) groups excluding carboxylic acids is 1. The summed E-state index contributed by atoms with van der Waals surface area (Å²) in [5.74, 6) is -0.109. The molecule has 7 nitrogen and oxygen atoms in total. The molecule has 1 aliphatic heterocycles. The van der Waals surface area contributed by atoms with E-state index in [-0.39, 0.29) is 28.3 Å². The summed E-state index contributed by atoms with van der Waals surface area (Å²) in [6.45, 7) is 12.2. The fourth-order valence-electron chi connectivity index (χ4n) is 5.57. The van der Waals surface area contributed by atoms with Gasteiger partial charge >= 0.3 is 5.69 Å². The largest absolute Gasteiger partial charge is 0.507 e. The number of H-pyrrole nitrogens is 2. The van der Waals surface area contributed by atoms with Crippen molar-refractivity contribution in [1.29, 1.82) is 0 Å². The van der Waals surface area contributed by atoms with Crippen molar-refractivity contribution in [3.63, 3.8) is 0 Å². The summed E-state index contributed by atoms with van der Waals surface area (Å²) in [6.07, 6.45) is 0.952. The highest BCUT2D eigenvalue weighted by Gasteiger charge is 2.41. The van der Waals surface area contributed by atoms with Gasteiger partial charge in [0, 0.05) is 34.4 Å². The van der Waals surface area contributed by atoms with Crippen molar-refractivity contribution >= 4 is 22.9 Å². The molecule has 1 aliphatic carbocycles. The lowest BCUT2D eigenvalue weighted by Crippen LogP contribution is -2.37. The Kier molecular flexibility index (Phi) is 5.86. The van der Waals surface area contributed by atoms with E-state index in [1.54, 1.807) is 11.3 Å². The number of hydrogen-bond donors (Lipinski definition) is 4. The number of benzene rings is 1. The van der Waals surface area contributed by atoms with E-state index in [4.69, 9.17) is 0 Å². The lowest BCUT2D eigenvalue weighted by Gasteiger charge is -2.36. The second-order valence-electron chi connectivity index (χ2n) is 12.2. The Morgan fingerprint density at radius 2 is 1.59 bits per heavy atom. The molecule has 0 bridgehead atoms. The minimum absolute atomic E-state index is 0.0175. The van der Waals surface area contributed by atoms with Gasteiger partial charge in [0.25, 0.3) is 5.56 Å². The lowest BCUT2D eigenvalue weighted by molar-refractivity contribution is -0.116. The van der Waals surface area contributed by atoms with Crippen LogP contribution in [0.1, 0.15) is 93.4 Å². The first kappa shape index (κ1) is 25.3. The highest BCUT2D eigenvalue weighted by atomic mass is 32.1. The molecule has 2 aromatic heterocycles. The summed E-state index contributed by atoms with van der Waals surface area (Å²) in [4.78, 5) is 45.5. The maximum Gasteiger partial charge on any atom is 0.327 e. The molecule has 4 N–H and O–H groups in total. The van der Waals surface area contributed by atoms with Gasteiger partial charge in [-0.1, -0.05) is 59.7 Å². The fourth-order valence-corrected chi connectivity index (χ4v) is 6.40. The van der Waals surface area contributed by atoms with Crippen LogP contribution in [0.15, 0.2) is 50.5 Å². The van der Waals surface area contributed by atoms with Crippen LogP contribution < -0.4 is 16.6 Å². The molecule has 8 heteroatoms. The quantitative estimate of drug-likeness (QED) is 0.363. The van der Waals surface area contributed by atoms with Crippen molar-refractivity contribution in [3.05, 3.63) is 88.9 Å². The Hall–Kier alpha value is -3.39. The number of phenolic OH excluding ortho intramolecular Hbond substituents is 1. The second kappa shape index (κ2) is 8.58. The molecule has 0 spiro atoms. The van der Waals surface area contributed by atoms with Crippen LogP contribution in [0, 0.1) is 0 Å². The maximum atomic E-state index is 13.8. The average Bonchev–Trinajstić information content (AvgIpc) is 3.31. The Morgan fingerprint density at radius 1 is 0.946 bits per heavy atom. The van der Waals surface area contributed by atoms with Crippen LogP contribution in [0.4, 0.5) is 5.82 Å². The number of nitrogens with one attached hydrogen (secondary N) is 3. The van der Waals surface area contributed by atoms with Gasteiger partial charge in [-0.25, -0.2) is 4.79 Å². The SMILES string of the molecule is CC(C)(C)c1cc([C@H]2C3=C(C[C@H](c4cccs4)CC3=O)Nc3[nH]c(=O)[nH]c(=O)c32)cc(C(C)(C)C)c1O. The minimum Gasteiger partial charge on any atom is -0.507 e. The summed E-state index contributed by atoms with van der Waals surface area (Å²) in [6, 6.07) is 7.85. The van der Waals surface area contributed by atoms with Crippen LogP contribution in [0.25, 0.3) is 0 Å². The molecule has 0 fully saturated rings. The summed E-state index contributed by atoms with van der Waals surface area (Å²) in [5, 5.41) is 16.5. The van der Waals surface area contributed by atoms with E-state index in [0.29, 0.717) is 29.8 Å². The Balaban J connectivity index is 1.80. The number of carbonyl (C=O) groups is 1. The van der Waals surface area contributed by atoms with Gasteiger partial charge in [0.05, 0.1) is 5.56 Å². The predicted octanol–water partition coefficient (Wildman–Crippen LogP) is 5.38. The zero-order valence-electron chi connectivity index (χ0n) is 22.0. The van der Waals surface area contributed by atoms with Crippen LogP contribution in [0.2, 0.25) is 0 Å². The molecule has 0 unspecified atom stereocenters. The second-order valence-corrected chi connectivity index (χ2v) is 13.1. The third-order valence-electron chi connectivity index (χ3n) is 7.37. The van der Waals surface area contributed by atoms with Gasteiger partial charge in [0.15, 0.2) is 5.78 Å². The number of hydrogen-bond acceptors (Lipinski definition) is 6. The number of ketones is 1. The first-order valence-corrected chi connectivity index (χ1v) is 13.4. The average molecular weight is 520 g/mol. The van der Waals surface area contributed by atoms with Gasteiger partial charge in [-0.2, -0.15) is 0 Å². The molecule has 3 heterocycles. The molecule has 0 saturated heterocycles. The summed E-state index contributed by atoms with van der Waals surface area (Å²) < 4.78 is 0. The number of anilines is 1. The number of phenols is 1. The summed E-state index contributed by atoms with van der Waals surface area (Å²) in [5.41, 5.74) is 1.95. The number of aromatic amines is 2. The Morgan fingerprint density at radius 3 is 2.16 bits per heavy atom. The zero-order chi connectivity index (χ0) is 26.9. The van der Waals surface area contributed by atoms with Gasteiger partial charge in [0.1, 0.15) is 11.6 Å². The van der Waals surface area contributed by atoms with Gasteiger partial charge in [-0.3, -0.25) is 19.6 Å². The van der Waals surface area contributed by atoms with Crippen LogP contribution in [-0.4, -0.2) is 20.9 Å². The standard InChI is InChI=1S/C29H33N3O4S/c1-28(2,3)16-10-15(11-17(24(16)34)29(4,5)6)21-22-18(30-25-23(21)26(35)32-27(36)31-25)12-14(13-19(22)33)20-8-7-9-37-20/h7-11,14,21,34H,12-13H2,1-6H3,(H3,30,31,32,35,36)/t14-,21-/m0/s1. The lowest BCUT2D eigenvalue weighted by atomic mass is 9.71. The summed E-state index contributed by atoms with van der Waals surface area (Å²) in [7, 11) is 0. The van der Waals surface area contributed by atoms with Crippen molar-refractivity contribution < 1.29 is 9.90 Å². The van der Waals surface area contributed by atoms with E-state index in [0.717, 1.165) is 27.3 Å². The van der Waals surface area contributed by atoms with Crippen molar-refractivity contribution in [2.75, 3.05) is 5.32 Å². The number of rotatable bonds is 2. The monoisotopic (exact) mass is 519 g/mol. The zero-order valence-corrected chi connectivity index (χ0v) is 22.9. The molecule has 1 aromatic carbocycles. The highest BCUT2D eigenvalue weighted by Crippen LogP contribution is 2.49. The molecule has 5 rings (SSSR count). The van der Waals surface area contributed by atoms with Gasteiger partial charge in [0.2, 0.25) is 0 Å². The molecular weight excluding hydrogens is 486 g/mol. The van der Waals surface area contributed by atoms with Gasteiger partial charge in [-0.05, 0) is 45.4 Å². The Bertz CT molecular complexity index is 1510. The van der Waals surface area contributed by atoms with E-state index < -0.39 is 17.2 Å². The molecule has 0 saturated carbocycles. The van der Waals surface area contributed by atoms with Crippen molar-refractivity contribution in [2.45, 2.75) is 77.0 Å². The number of fused-ring (bicyclic) bond motifs is 1. The van der Waals surface area contributed by atoms with E-state index in [1.165, 1.54) is 0 Å². The van der Waals surface area contributed by atoms with E-state index in [9.17, 15) is 19.5 Å². The van der Waals surface area contributed by atoms with E-state index in [1.807, 2.05) is 71.2 Å². The third-order valence-corrected chi connectivity index (χ3v) is 8.40.